The first-order chi connectivity index (χ1) is 6.26. The van der Waals surface area contributed by atoms with Crippen molar-refractivity contribution in [1.82, 2.24) is 0 Å². The highest BCUT2D eigenvalue weighted by Gasteiger charge is 1.98. The molecule has 1 atom stereocenters. The molecule has 3 N–H and O–H groups in total. The van der Waals surface area contributed by atoms with E-state index in [1.807, 2.05) is 31.2 Å². The molecule has 0 saturated carbocycles. The lowest BCUT2D eigenvalue weighted by molar-refractivity contribution is 0.804. The molecule has 0 radical (unpaired) electrons. The smallest absolute Gasteiger partial charge is 0.0355 e. The van der Waals surface area contributed by atoms with E-state index in [1.54, 1.807) is 0 Å². The molecule has 0 aromatic heterocycles. The SMILES string of the molecule is C#Cc1cccc(NC(C)CN)c1. The van der Waals surface area contributed by atoms with E-state index in [4.69, 9.17) is 12.2 Å². The number of nitrogens with two attached hydrogens (primary N) is 1. The zero-order valence-corrected chi connectivity index (χ0v) is 7.75. The van der Waals surface area contributed by atoms with Crippen LogP contribution in [0.15, 0.2) is 24.3 Å². The van der Waals surface area contributed by atoms with Crippen LogP contribution in [0.3, 0.4) is 0 Å². The van der Waals surface area contributed by atoms with E-state index in [-0.39, 0.29) is 6.04 Å². The lowest BCUT2D eigenvalue weighted by Crippen LogP contribution is -2.25. The van der Waals surface area contributed by atoms with Crippen LogP contribution in [-0.4, -0.2) is 12.6 Å². The van der Waals surface area contributed by atoms with E-state index in [0.717, 1.165) is 11.3 Å². The molecule has 0 spiro atoms. The molecule has 1 aromatic rings. The lowest BCUT2D eigenvalue weighted by atomic mass is 10.2. The van der Waals surface area contributed by atoms with Crippen LogP contribution in [0.2, 0.25) is 0 Å². The predicted octanol–water partition coefficient (Wildman–Crippen LogP) is 1.43. The van der Waals surface area contributed by atoms with E-state index >= 15 is 0 Å². The zero-order chi connectivity index (χ0) is 9.68. The third-order valence-corrected chi connectivity index (χ3v) is 1.80. The van der Waals surface area contributed by atoms with Crippen LogP contribution in [0.4, 0.5) is 5.69 Å². The molecule has 0 aliphatic carbocycles. The van der Waals surface area contributed by atoms with Crippen molar-refractivity contribution in [2.24, 2.45) is 5.73 Å². The van der Waals surface area contributed by atoms with Gasteiger partial charge >= 0.3 is 0 Å². The minimum atomic E-state index is 0.271. The number of hydrogen-bond acceptors (Lipinski definition) is 2. The molecule has 1 unspecified atom stereocenters. The molecule has 0 fully saturated rings. The maximum atomic E-state index is 5.49. The Morgan fingerprint density at radius 3 is 3.00 bits per heavy atom. The van der Waals surface area contributed by atoms with Gasteiger partial charge in [0.25, 0.3) is 0 Å². The molecule has 68 valence electrons. The minimum Gasteiger partial charge on any atom is -0.381 e. The molecule has 2 heteroatoms. The Bertz CT molecular complexity index is 312. The van der Waals surface area contributed by atoms with Crippen LogP contribution < -0.4 is 11.1 Å². The summed E-state index contributed by atoms with van der Waals surface area (Å²) in [6.45, 7) is 2.64. The van der Waals surface area contributed by atoms with E-state index in [2.05, 4.69) is 11.2 Å². The molecule has 2 nitrogen and oxygen atoms in total. The van der Waals surface area contributed by atoms with Crippen molar-refractivity contribution in [3.8, 4) is 12.3 Å². The maximum Gasteiger partial charge on any atom is 0.0355 e. The second kappa shape index (κ2) is 4.54. The van der Waals surface area contributed by atoms with Crippen molar-refractivity contribution in [3.63, 3.8) is 0 Å². The average Bonchev–Trinajstić information content (AvgIpc) is 2.18. The molecule has 1 rings (SSSR count). The van der Waals surface area contributed by atoms with Crippen molar-refractivity contribution >= 4 is 5.69 Å². The second-order valence-electron chi connectivity index (χ2n) is 3.01. The van der Waals surface area contributed by atoms with Crippen LogP contribution >= 0.6 is 0 Å². The zero-order valence-electron chi connectivity index (χ0n) is 7.75. The molecular formula is C11H14N2. The number of nitrogens with one attached hydrogen (secondary N) is 1. The van der Waals surface area contributed by atoms with Gasteiger partial charge in [0.1, 0.15) is 0 Å². The summed E-state index contributed by atoms with van der Waals surface area (Å²) >= 11 is 0. The Labute approximate surface area is 79.1 Å². The van der Waals surface area contributed by atoms with E-state index in [1.165, 1.54) is 0 Å². The average molecular weight is 174 g/mol. The van der Waals surface area contributed by atoms with Crippen molar-refractivity contribution in [3.05, 3.63) is 29.8 Å². The van der Waals surface area contributed by atoms with E-state index < -0.39 is 0 Å². The van der Waals surface area contributed by atoms with Crippen LogP contribution in [0, 0.1) is 12.3 Å². The number of rotatable bonds is 3. The van der Waals surface area contributed by atoms with E-state index in [0.29, 0.717) is 6.54 Å². The standard InChI is InChI=1S/C11H14N2/c1-3-10-5-4-6-11(7-10)13-9(2)8-12/h1,4-7,9,13H,8,12H2,2H3. The Morgan fingerprint density at radius 2 is 2.38 bits per heavy atom. The number of terminal acetylenes is 1. The van der Waals surface area contributed by atoms with Crippen LogP contribution in [0.5, 0.6) is 0 Å². The number of benzene rings is 1. The molecule has 1 aromatic carbocycles. The molecule has 0 amide bonds. The normalized spacial score (nSPS) is 11.8. The Hall–Kier alpha value is -1.46. The van der Waals surface area contributed by atoms with Gasteiger partial charge in [-0.3, -0.25) is 0 Å². The first kappa shape index (κ1) is 9.63. The second-order valence-corrected chi connectivity index (χ2v) is 3.01. The summed E-state index contributed by atoms with van der Waals surface area (Å²) in [7, 11) is 0. The van der Waals surface area contributed by atoms with Gasteiger partial charge in [-0.1, -0.05) is 12.0 Å². The van der Waals surface area contributed by atoms with E-state index in [9.17, 15) is 0 Å². The summed E-state index contributed by atoms with van der Waals surface area (Å²) in [6, 6.07) is 8.02. The maximum absolute atomic E-state index is 5.49. The molecule has 13 heavy (non-hydrogen) atoms. The quantitative estimate of drug-likeness (QED) is 0.680. The largest absolute Gasteiger partial charge is 0.381 e. The fourth-order valence-electron chi connectivity index (χ4n) is 1.04. The molecule has 0 aliphatic heterocycles. The first-order valence-corrected chi connectivity index (χ1v) is 4.29. The molecule has 0 bridgehead atoms. The summed E-state index contributed by atoms with van der Waals surface area (Å²) < 4.78 is 0. The molecular weight excluding hydrogens is 160 g/mol. The van der Waals surface area contributed by atoms with Crippen LogP contribution in [0.1, 0.15) is 12.5 Å². The highest BCUT2D eigenvalue weighted by molar-refractivity contribution is 5.50. The van der Waals surface area contributed by atoms with Gasteiger partial charge in [-0.2, -0.15) is 0 Å². The van der Waals surface area contributed by atoms with Crippen molar-refractivity contribution in [2.75, 3.05) is 11.9 Å². The summed E-state index contributed by atoms with van der Waals surface area (Å²) in [5.41, 5.74) is 7.39. The van der Waals surface area contributed by atoms with Crippen LogP contribution in [-0.2, 0) is 0 Å². The van der Waals surface area contributed by atoms with Crippen LogP contribution in [0.25, 0.3) is 0 Å². The van der Waals surface area contributed by atoms with Crippen molar-refractivity contribution in [1.29, 1.82) is 0 Å². The monoisotopic (exact) mass is 174 g/mol. The molecule has 0 aliphatic rings. The predicted molar refractivity (Wildman–Crippen MR) is 56.5 cm³/mol. The third-order valence-electron chi connectivity index (χ3n) is 1.80. The molecule has 0 saturated heterocycles. The minimum absolute atomic E-state index is 0.271. The van der Waals surface area contributed by atoms with Gasteiger partial charge in [0.05, 0.1) is 0 Å². The Balaban J connectivity index is 2.73. The number of anilines is 1. The summed E-state index contributed by atoms with van der Waals surface area (Å²) in [4.78, 5) is 0. The lowest BCUT2D eigenvalue weighted by Gasteiger charge is -2.12. The van der Waals surface area contributed by atoms with Crippen molar-refractivity contribution in [2.45, 2.75) is 13.0 Å². The third kappa shape index (κ3) is 2.81. The molecule has 0 heterocycles. The Kier molecular flexibility index (Phi) is 3.36. The van der Waals surface area contributed by atoms with Gasteiger partial charge in [-0.05, 0) is 25.1 Å². The first-order valence-electron chi connectivity index (χ1n) is 4.29. The highest BCUT2D eigenvalue weighted by atomic mass is 14.9. The topological polar surface area (TPSA) is 38.0 Å². The van der Waals surface area contributed by atoms with Gasteiger partial charge in [0.15, 0.2) is 0 Å². The number of hydrogen-bond donors (Lipinski definition) is 2. The fraction of sp³-hybridized carbons (Fsp3) is 0.273. The van der Waals surface area contributed by atoms with Gasteiger partial charge in [0.2, 0.25) is 0 Å². The highest BCUT2D eigenvalue weighted by Crippen LogP contribution is 2.10. The summed E-state index contributed by atoms with van der Waals surface area (Å²) in [6.07, 6.45) is 5.28. The Morgan fingerprint density at radius 1 is 1.62 bits per heavy atom. The van der Waals surface area contributed by atoms with Gasteiger partial charge in [0, 0.05) is 23.8 Å². The van der Waals surface area contributed by atoms with Gasteiger partial charge in [-0.25, -0.2) is 0 Å². The van der Waals surface area contributed by atoms with Crippen molar-refractivity contribution < 1.29 is 0 Å². The fourth-order valence-corrected chi connectivity index (χ4v) is 1.04. The summed E-state index contributed by atoms with van der Waals surface area (Å²) in [5.74, 6) is 2.59. The summed E-state index contributed by atoms with van der Waals surface area (Å²) in [5, 5.41) is 3.25. The van der Waals surface area contributed by atoms with Gasteiger partial charge in [-0.15, -0.1) is 6.42 Å². The van der Waals surface area contributed by atoms with Gasteiger partial charge < -0.3 is 11.1 Å².